The highest BCUT2D eigenvalue weighted by Gasteiger charge is 2.29. The summed E-state index contributed by atoms with van der Waals surface area (Å²) < 4.78 is 13.7. The Balaban J connectivity index is 1.68. The third-order valence-electron chi connectivity index (χ3n) is 6.57. The van der Waals surface area contributed by atoms with Crippen molar-refractivity contribution in [2.24, 2.45) is 5.73 Å². The third-order valence-corrected chi connectivity index (χ3v) is 6.87. The lowest BCUT2D eigenvalue weighted by Gasteiger charge is -2.29. The number of primary amides is 1. The zero-order valence-corrected chi connectivity index (χ0v) is 19.3. The number of carbonyl (C=O) groups is 1. The quantitative estimate of drug-likeness (QED) is 0.477. The number of anilines is 1. The highest BCUT2D eigenvalue weighted by molar-refractivity contribution is 6.35. The Labute approximate surface area is 201 Å². The Bertz CT molecular complexity index is 1410. The number of rotatable bonds is 4. The molecule has 1 atom stereocenters. The minimum Gasteiger partial charge on any atom is -0.378 e. The molecule has 2 fully saturated rings. The molecule has 6 rings (SSSR count). The van der Waals surface area contributed by atoms with Crippen LogP contribution >= 0.6 is 11.6 Å². The van der Waals surface area contributed by atoms with E-state index in [2.05, 4.69) is 20.5 Å². The maximum absolute atomic E-state index is 12.6. The molecule has 0 spiro atoms. The summed E-state index contributed by atoms with van der Waals surface area (Å²) >= 11 is 6.48. The fourth-order valence-electron chi connectivity index (χ4n) is 4.94. The largest absolute Gasteiger partial charge is 0.378 e. The topological polar surface area (TPSA) is 95.5 Å². The summed E-state index contributed by atoms with van der Waals surface area (Å²) in [5, 5.41) is 1.47. The van der Waals surface area contributed by atoms with Crippen LogP contribution in [0.4, 0.5) is 5.69 Å². The van der Waals surface area contributed by atoms with Crippen LogP contribution in [0.3, 0.4) is 0 Å². The van der Waals surface area contributed by atoms with Gasteiger partial charge in [-0.05, 0) is 37.1 Å². The van der Waals surface area contributed by atoms with Crippen molar-refractivity contribution in [3.63, 3.8) is 0 Å². The average Bonchev–Trinajstić information content (AvgIpc) is 3.52. The molecule has 174 valence electrons. The molecule has 8 nitrogen and oxygen atoms in total. The molecule has 9 heteroatoms. The summed E-state index contributed by atoms with van der Waals surface area (Å²) in [7, 11) is 0. The van der Waals surface area contributed by atoms with E-state index >= 15 is 0 Å². The summed E-state index contributed by atoms with van der Waals surface area (Å²) in [6.07, 6.45) is 3.38. The van der Waals surface area contributed by atoms with Crippen molar-refractivity contribution in [1.82, 2.24) is 14.5 Å². The Morgan fingerprint density at radius 2 is 1.97 bits per heavy atom. The number of hydrogen-bond acceptors (Lipinski definition) is 6. The molecule has 4 aromatic rings. The van der Waals surface area contributed by atoms with Crippen molar-refractivity contribution in [3.8, 4) is 5.69 Å². The van der Waals surface area contributed by atoms with Crippen molar-refractivity contribution in [2.45, 2.75) is 18.9 Å². The third kappa shape index (κ3) is 3.50. The molecule has 2 aromatic heterocycles. The number of halogens is 1. The number of imidazole rings is 1. The summed E-state index contributed by atoms with van der Waals surface area (Å²) in [6.45, 7) is 3.43. The fraction of sp³-hybridized carbons (Fsp3) is 0.320. The van der Waals surface area contributed by atoms with Gasteiger partial charge >= 0.3 is 0 Å². The van der Waals surface area contributed by atoms with E-state index in [1.54, 1.807) is 6.20 Å². The van der Waals surface area contributed by atoms with Crippen LogP contribution in [0, 0.1) is 0 Å². The van der Waals surface area contributed by atoms with Gasteiger partial charge in [-0.2, -0.15) is 0 Å². The summed E-state index contributed by atoms with van der Waals surface area (Å²) in [6, 6.07) is 11.6. The Hall–Kier alpha value is -3.20. The highest BCUT2D eigenvalue weighted by atomic mass is 35.5. The van der Waals surface area contributed by atoms with Crippen molar-refractivity contribution in [1.29, 1.82) is 0 Å². The van der Waals surface area contributed by atoms with Gasteiger partial charge in [0.25, 0.3) is 5.91 Å². The van der Waals surface area contributed by atoms with E-state index in [0.29, 0.717) is 41.4 Å². The van der Waals surface area contributed by atoms with Crippen molar-refractivity contribution >= 4 is 45.1 Å². The SMILES string of the molecule is NC(=O)c1cc(N2CCOCC2)cc2c1nc(C1CCCO1)n2-c1ccnc2c(Cl)cccc12. The van der Waals surface area contributed by atoms with E-state index in [1.165, 1.54) is 0 Å². The lowest BCUT2D eigenvalue weighted by Crippen LogP contribution is -2.36. The van der Waals surface area contributed by atoms with Gasteiger partial charge in [-0.25, -0.2) is 4.98 Å². The molecular weight excluding hydrogens is 454 g/mol. The van der Waals surface area contributed by atoms with Crippen molar-refractivity contribution in [2.75, 3.05) is 37.8 Å². The Morgan fingerprint density at radius 3 is 2.74 bits per heavy atom. The molecule has 2 aliphatic rings. The average molecular weight is 478 g/mol. The van der Waals surface area contributed by atoms with Crippen LogP contribution in [0.1, 0.15) is 35.1 Å². The van der Waals surface area contributed by atoms with E-state index in [0.717, 1.165) is 54.0 Å². The van der Waals surface area contributed by atoms with Gasteiger partial charge < -0.3 is 20.1 Å². The number of fused-ring (bicyclic) bond motifs is 2. The highest BCUT2D eigenvalue weighted by Crippen LogP contribution is 2.38. The van der Waals surface area contributed by atoms with Crippen LogP contribution in [0.2, 0.25) is 5.02 Å². The normalized spacial score (nSPS) is 18.7. The summed E-state index contributed by atoms with van der Waals surface area (Å²) in [5.74, 6) is 0.243. The number of pyridine rings is 1. The second kappa shape index (κ2) is 8.54. The molecule has 1 amide bonds. The van der Waals surface area contributed by atoms with Crippen LogP contribution in [0.15, 0.2) is 42.6 Å². The van der Waals surface area contributed by atoms with Gasteiger partial charge in [0, 0.05) is 37.0 Å². The Morgan fingerprint density at radius 1 is 1.12 bits per heavy atom. The van der Waals surface area contributed by atoms with Crippen LogP contribution in [-0.2, 0) is 9.47 Å². The molecule has 4 heterocycles. The molecule has 2 aliphatic heterocycles. The zero-order chi connectivity index (χ0) is 23.2. The molecular formula is C25H24ClN5O3. The molecule has 2 saturated heterocycles. The minimum absolute atomic E-state index is 0.178. The number of ether oxygens (including phenoxy) is 2. The van der Waals surface area contributed by atoms with Gasteiger partial charge in [-0.3, -0.25) is 14.3 Å². The van der Waals surface area contributed by atoms with E-state index < -0.39 is 5.91 Å². The second-order valence-electron chi connectivity index (χ2n) is 8.60. The number of para-hydroxylation sites is 1. The molecule has 1 unspecified atom stereocenters. The standard InChI is InChI=1S/C25H24ClN5O3/c26-18-4-1-3-16-19(6-7-28-22(16)18)31-20-14-15(30-8-11-33-12-9-30)13-17(24(27)32)23(20)29-25(31)21-5-2-10-34-21/h1,3-4,6-7,13-14,21H,2,5,8-12H2,(H2,27,32). The second-order valence-corrected chi connectivity index (χ2v) is 9.01. The van der Waals surface area contributed by atoms with Crippen molar-refractivity contribution in [3.05, 3.63) is 59.0 Å². The van der Waals surface area contributed by atoms with Crippen LogP contribution < -0.4 is 10.6 Å². The number of nitrogens with zero attached hydrogens (tertiary/aromatic N) is 4. The summed E-state index contributed by atoms with van der Waals surface area (Å²) in [4.78, 5) is 24.2. The van der Waals surface area contributed by atoms with Gasteiger partial charge in [-0.15, -0.1) is 0 Å². The number of nitrogens with two attached hydrogens (primary N) is 1. The van der Waals surface area contributed by atoms with E-state index in [-0.39, 0.29) is 6.10 Å². The lowest BCUT2D eigenvalue weighted by molar-refractivity contribution is 0.100. The summed E-state index contributed by atoms with van der Waals surface area (Å²) in [5.41, 5.74) is 10.1. The van der Waals surface area contributed by atoms with Crippen LogP contribution in [-0.4, -0.2) is 53.4 Å². The number of amides is 1. The predicted molar refractivity (Wildman–Crippen MR) is 131 cm³/mol. The first kappa shape index (κ1) is 21.3. The molecule has 0 radical (unpaired) electrons. The molecule has 34 heavy (non-hydrogen) atoms. The van der Waals surface area contributed by atoms with E-state index in [4.69, 9.17) is 31.8 Å². The number of morpholine rings is 1. The first-order chi connectivity index (χ1) is 16.6. The number of hydrogen-bond donors (Lipinski definition) is 1. The monoisotopic (exact) mass is 477 g/mol. The van der Waals surface area contributed by atoms with Gasteiger partial charge in [0.05, 0.1) is 40.5 Å². The molecule has 2 N–H and O–H groups in total. The maximum Gasteiger partial charge on any atom is 0.251 e. The minimum atomic E-state index is -0.508. The zero-order valence-electron chi connectivity index (χ0n) is 18.5. The van der Waals surface area contributed by atoms with Crippen molar-refractivity contribution < 1.29 is 14.3 Å². The fourth-order valence-corrected chi connectivity index (χ4v) is 5.17. The smallest absolute Gasteiger partial charge is 0.251 e. The van der Waals surface area contributed by atoms with Crippen LogP contribution in [0.5, 0.6) is 0 Å². The van der Waals surface area contributed by atoms with Gasteiger partial charge in [-0.1, -0.05) is 23.7 Å². The van der Waals surface area contributed by atoms with Gasteiger partial charge in [0.2, 0.25) is 0 Å². The predicted octanol–water partition coefficient (Wildman–Crippen LogP) is 4.01. The molecule has 0 aliphatic carbocycles. The molecule has 0 saturated carbocycles. The first-order valence-electron chi connectivity index (χ1n) is 11.5. The number of aromatic nitrogens is 3. The number of benzene rings is 2. The van der Waals surface area contributed by atoms with Gasteiger partial charge in [0.1, 0.15) is 17.4 Å². The maximum atomic E-state index is 12.6. The van der Waals surface area contributed by atoms with Crippen LogP contribution in [0.25, 0.3) is 27.6 Å². The number of carbonyl (C=O) groups excluding carboxylic acids is 1. The molecule has 0 bridgehead atoms. The first-order valence-corrected chi connectivity index (χ1v) is 11.8. The lowest BCUT2D eigenvalue weighted by atomic mass is 10.1. The van der Waals surface area contributed by atoms with Gasteiger partial charge in [0.15, 0.2) is 0 Å². The van der Waals surface area contributed by atoms with E-state index in [1.807, 2.05) is 30.3 Å². The molecule has 2 aromatic carbocycles. The van der Waals surface area contributed by atoms with E-state index in [9.17, 15) is 4.79 Å². The Kier molecular flexibility index (Phi) is 5.36.